The van der Waals surface area contributed by atoms with Gasteiger partial charge in [0.1, 0.15) is 0 Å². The zero-order chi connectivity index (χ0) is 17.4. The van der Waals surface area contributed by atoms with Crippen molar-refractivity contribution in [2.45, 2.75) is 13.5 Å². The Morgan fingerprint density at radius 1 is 1.33 bits per heavy atom. The van der Waals surface area contributed by atoms with Crippen LogP contribution < -0.4 is 11.1 Å². The van der Waals surface area contributed by atoms with Crippen LogP contribution in [0, 0.1) is 27.4 Å². The first-order valence-electron chi connectivity index (χ1n) is 7.16. The average Bonchev–Trinajstić information content (AvgIpc) is 2.57. The molecule has 1 aromatic heterocycles. The number of aromatic nitrogens is 2. The van der Waals surface area contributed by atoms with Crippen LogP contribution in [-0.4, -0.2) is 14.5 Å². The Hall–Kier alpha value is -3.47. The van der Waals surface area contributed by atoms with Gasteiger partial charge in [-0.05, 0) is 13.0 Å². The summed E-state index contributed by atoms with van der Waals surface area (Å²) >= 11 is 0. The molecule has 24 heavy (non-hydrogen) atoms. The molecule has 1 N–H and O–H groups in total. The Balaban J connectivity index is 2.56. The zero-order valence-corrected chi connectivity index (χ0v) is 12.6. The lowest BCUT2D eigenvalue weighted by molar-refractivity contribution is -0.382. The molecule has 0 aliphatic carbocycles. The highest BCUT2D eigenvalue weighted by atomic mass is 16.6. The lowest BCUT2D eigenvalue weighted by Gasteiger charge is -2.13. The molecule has 0 saturated heterocycles. The summed E-state index contributed by atoms with van der Waals surface area (Å²) < 4.78 is 1.22. The Labute approximate surface area is 134 Å². The van der Waals surface area contributed by atoms with Crippen molar-refractivity contribution < 1.29 is 4.92 Å². The fraction of sp³-hybridized carbons (Fsp3) is 0.188. The normalized spacial score (nSPS) is 12.2. The van der Waals surface area contributed by atoms with E-state index in [0.29, 0.717) is 16.3 Å². The molecular formula is C16H12N4O4. The summed E-state index contributed by atoms with van der Waals surface area (Å²) in [6, 6.07) is 9.85. The number of nitriles is 1. The fourth-order valence-electron chi connectivity index (χ4n) is 2.77. The number of rotatable bonds is 3. The Morgan fingerprint density at radius 3 is 2.62 bits per heavy atom. The SMILES string of the molecule is CC(C#N)Cn1c(=O)c(=O)[nH]c2cc([N+](=O)[O-])c3ccccc3c21. The highest BCUT2D eigenvalue weighted by molar-refractivity contribution is 6.08. The van der Waals surface area contributed by atoms with Crippen LogP contribution in [0.1, 0.15) is 6.92 Å². The first kappa shape index (κ1) is 15.4. The van der Waals surface area contributed by atoms with E-state index in [1.807, 2.05) is 6.07 Å². The van der Waals surface area contributed by atoms with Crippen LogP contribution in [-0.2, 0) is 6.54 Å². The van der Waals surface area contributed by atoms with Crippen molar-refractivity contribution in [1.82, 2.24) is 9.55 Å². The van der Waals surface area contributed by atoms with Crippen LogP contribution in [0.3, 0.4) is 0 Å². The predicted octanol–water partition coefficient (Wildman–Crippen LogP) is 1.91. The van der Waals surface area contributed by atoms with E-state index in [9.17, 15) is 19.7 Å². The van der Waals surface area contributed by atoms with Gasteiger partial charge in [0, 0.05) is 18.0 Å². The molecule has 1 atom stereocenters. The molecule has 8 nitrogen and oxygen atoms in total. The number of non-ortho nitro benzene ring substituents is 1. The van der Waals surface area contributed by atoms with Gasteiger partial charge in [-0.2, -0.15) is 5.26 Å². The maximum Gasteiger partial charge on any atom is 0.316 e. The van der Waals surface area contributed by atoms with Crippen molar-refractivity contribution in [1.29, 1.82) is 5.26 Å². The van der Waals surface area contributed by atoms with E-state index in [0.717, 1.165) is 0 Å². The van der Waals surface area contributed by atoms with Crippen molar-refractivity contribution in [3.63, 3.8) is 0 Å². The molecule has 8 heteroatoms. The van der Waals surface area contributed by atoms with Crippen LogP contribution in [0.2, 0.25) is 0 Å². The smallest absolute Gasteiger partial charge is 0.316 e. The second-order valence-electron chi connectivity index (χ2n) is 5.49. The Bertz CT molecular complexity index is 1140. The average molecular weight is 324 g/mol. The number of fused-ring (bicyclic) bond motifs is 3. The van der Waals surface area contributed by atoms with E-state index in [2.05, 4.69) is 4.98 Å². The molecule has 0 bridgehead atoms. The van der Waals surface area contributed by atoms with Gasteiger partial charge in [-0.15, -0.1) is 0 Å². The van der Waals surface area contributed by atoms with Crippen LogP contribution in [0.25, 0.3) is 21.8 Å². The van der Waals surface area contributed by atoms with Gasteiger partial charge < -0.3 is 9.55 Å². The van der Waals surface area contributed by atoms with Crippen LogP contribution in [0.15, 0.2) is 39.9 Å². The third kappa shape index (κ3) is 2.32. The lowest BCUT2D eigenvalue weighted by atomic mass is 10.1. The number of nitro benzene ring substituents is 1. The number of H-pyrrole nitrogens is 1. The molecule has 1 unspecified atom stereocenters. The Morgan fingerprint density at radius 2 is 2.00 bits per heavy atom. The minimum atomic E-state index is -0.878. The summed E-state index contributed by atoms with van der Waals surface area (Å²) in [6.45, 7) is 1.66. The third-order valence-corrected chi connectivity index (χ3v) is 3.83. The molecule has 3 rings (SSSR count). The molecule has 120 valence electrons. The van der Waals surface area contributed by atoms with Crippen molar-refractivity contribution in [3.05, 3.63) is 61.2 Å². The number of nitrogens with one attached hydrogen (secondary N) is 1. The topological polar surface area (TPSA) is 122 Å². The highest BCUT2D eigenvalue weighted by Gasteiger charge is 2.19. The summed E-state index contributed by atoms with van der Waals surface area (Å²) in [7, 11) is 0. The standard InChI is InChI=1S/C16H12N4O4/c1-9(7-17)8-19-14-11-5-3-2-4-10(11)13(20(23)24)6-12(14)18-15(21)16(19)22/h2-6,9H,8H2,1H3,(H,18,21). The molecule has 0 saturated carbocycles. The fourth-order valence-corrected chi connectivity index (χ4v) is 2.77. The van der Waals surface area contributed by atoms with Gasteiger partial charge in [0.15, 0.2) is 0 Å². The maximum absolute atomic E-state index is 12.3. The second kappa shape index (κ2) is 5.62. The first-order chi connectivity index (χ1) is 11.4. The maximum atomic E-state index is 12.3. The first-order valence-corrected chi connectivity index (χ1v) is 7.16. The minimum absolute atomic E-state index is 0.0254. The van der Waals surface area contributed by atoms with E-state index in [4.69, 9.17) is 5.26 Å². The van der Waals surface area contributed by atoms with Crippen LogP contribution in [0.5, 0.6) is 0 Å². The third-order valence-electron chi connectivity index (χ3n) is 3.83. The summed E-state index contributed by atoms with van der Waals surface area (Å²) in [5.74, 6) is -0.498. The van der Waals surface area contributed by atoms with Crippen molar-refractivity contribution in [2.24, 2.45) is 5.92 Å². The van der Waals surface area contributed by atoms with E-state index >= 15 is 0 Å². The zero-order valence-electron chi connectivity index (χ0n) is 12.6. The van der Waals surface area contributed by atoms with E-state index in [1.54, 1.807) is 31.2 Å². The molecule has 3 aromatic rings. The number of hydrogen-bond acceptors (Lipinski definition) is 5. The van der Waals surface area contributed by atoms with Gasteiger partial charge in [-0.1, -0.05) is 18.2 Å². The molecular weight excluding hydrogens is 312 g/mol. The molecule has 0 aliphatic heterocycles. The number of nitro groups is 1. The van der Waals surface area contributed by atoms with E-state index < -0.39 is 22.0 Å². The summed E-state index contributed by atoms with van der Waals surface area (Å²) in [5.41, 5.74) is -1.26. The number of aromatic amines is 1. The summed E-state index contributed by atoms with van der Waals surface area (Å²) in [5, 5.41) is 21.2. The van der Waals surface area contributed by atoms with Crippen molar-refractivity contribution in [2.75, 3.05) is 0 Å². The van der Waals surface area contributed by atoms with Crippen molar-refractivity contribution >= 4 is 27.5 Å². The summed E-state index contributed by atoms with van der Waals surface area (Å²) in [6.07, 6.45) is 0. The van der Waals surface area contributed by atoms with Crippen molar-refractivity contribution in [3.8, 4) is 6.07 Å². The van der Waals surface area contributed by atoms with Gasteiger partial charge in [0.25, 0.3) is 5.69 Å². The molecule has 0 fully saturated rings. The van der Waals surface area contributed by atoms with Crippen LogP contribution >= 0.6 is 0 Å². The highest BCUT2D eigenvalue weighted by Crippen LogP contribution is 2.31. The quantitative estimate of drug-likeness (QED) is 0.341. The molecule has 0 amide bonds. The van der Waals surface area contributed by atoms with Gasteiger partial charge in [-0.3, -0.25) is 19.7 Å². The number of nitrogens with zero attached hydrogens (tertiary/aromatic N) is 3. The predicted molar refractivity (Wildman–Crippen MR) is 87.8 cm³/mol. The monoisotopic (exact) mass is 324 g/mol. The Kier molecular flexibility index (Phi) is 3.62. The number of benzene rings is 2. The second-order valence-corrected chi connectivity index (χ2v) is 5.49. The van der Waals surface area contributed by atoms with E-state index in [1.165, 1.54) is 10.6 Å². The molecule has 0 aliphatic rings. The number of hydrogen-bond donors (Lipinski definition) is 1. The van der Waals surface area contributed by atoms with Gasteiger partial charge >= 0.3 is 11.1 Å². The van der Waals surface area contributed by atoms with Gasteiger partial charge in [-0.25, -0.2) is 0 Å². The molecule has 0 radical (unpaired) electrons. The van der Waals surface area contributed by atoms with E-state index in [-0.39, 0.29) is 17.7 Å². The molecule has 1 heterocycles. The lowest BCUT2D eigenvalue weighted by Crippen LogP contribution is -2.37. The van der Waals surface area contributed by atoms with Gasteiger partial charge in [0.2, 0.25) is 0 Å². The molecule has 2 aromatic carbocycles. The minimum Gasteiger partial charge on any atom is -0.316 e. The summed E-state index contributed by atoms with van der Waals surface area (Å²) in [4.78, 5) is 37.4. The largest absolute Gasteiger partial charge is 0.316 e. The van der Waals surface area contributed by atoms with Crippen LogP contribution in [0.4, 0.5) is 5.69 Å². The van der Waals surface area contributed by atoms with Gasteiger partial charge in [0.05, 0.1) is 33.3 Å². The molecule has 0 spiro atoms.